The standard InChI is InChI=1S/C17H20N6O2/c1-11(10-12-8-6-5-7-9-12)19-20-16-18-14-13(21(16)2)15(24)23(4)17(25)22(14)3/h5-9H,10H2,1-4H3,(H,18,20)/b19-11+. The summed E-state index contributed by atoms with van der Waals surface area (Å²) < 4.78 is 4.02. The average Bonchev–Trinajstić information content (AvgIpc) is 2.94. The van der Waals surface area contributed by atoms with Crippen molar-refractivity contribution in [1.29, 1.82) is 0 Å². The van der Waals surface area contributed by atoms with Crippen LogP contribution in [0.3, 0.4) is 0 Å². The zero-order chi connectivity index (χ0) is 18.1. The van der Waals surface area contributed by atoms with Crippen LogP contribution >= 0.6 is 0 Å². The molecule has 0 atom stereocenters. The number of nitrogens with one attached hydrogen (secondary N) is 1. The van der Waals surface area contributed by atoms with E-state index in [1.54, 1.807) is 18.7 Å². The Kier molecular flexibility index (Phi) is 4.26. The minimum absolute atomic E-state index is 0.328. The Morgan fingerprint density at radius 2 is 1.76 bits per heavy atom. The van der Waals surface area contributed by atoms with Gasteiger partial charge in [0.15, 0.2) is 11.2 Å². The molecule has 130 valence electrons. The van der Waals surface area contributed by atoms with Crippen molar-refractivity contribution in [3.05, 3.63) is 56.7 Å². The van der Waals surface area contributed by atoms with Gasteiger partial charge in [-0.25, -0.2) is 10.2 Å². The zero-order valence-corrected chi connectivity index (χ0v) is 14.6. The molecule has 0 aliphatic rings. The molecule has 3 rings (SSSR count). The lowest BCUT2D eigenvalue weighted by Gasteiger charge is -2.04. The van der Waals surface area contributed by atoms with Crippen LogP contribution in [0.4, 0.5) is 5.95 Å². The smallest absolute Gasteiger partial charge is 0.306 e. The van der Waals surface area contributed by atoms with Crippen molar-refractivity contribution in [2.45, 2.75) is 13.3 Å². The monoisotopic (exact) mass is 340 g/mol. The highest BCUT2D eigenvalue weighted by atomic mass is 16.2. The van der Waals surface area contributed by atoms with Crippen molar-refractivity contribution in [2.75, 3.05) is 5.43 Å². The van der Waals surface area contributed by atoms with Gasteiger partial charge in [0, 0.05) is 33.3 Å². The first-order valence-corrected chi connectivity index (χ1v) is 7.85. The second kappa shape index (κ2) is 6.39. The van der Waals surface area contributed by atoms with E-state index in [1.807, 2.05) is 37.3 Å². The molecule has 3 aromatic rings. The number of anilines is 1. The van der Waals surface area contributed by atoms with Gasteiger partial charge in [0.05, 0.1) is 0 Å². The summed E-state index contributed by atoms with van der Waals surface area (Å²) >= 11 is 0. The molecule has 8 heteroatoms. The Hall–Kier alpha value is -3.16. The number of hydrogen-bond donors (Lipinski definition) is 1. The van der Waals surface area contributed by atoms with Crippen molar-refractivity contribution < 1.29 is 0 Å². The number of aromatic nitrogens is 4. The third-order valence-corrected chi connectivity index (χ3v) is 4.13. The molecule has 2 heterocycles. The Bertz CT molecular complexity index is 1070. The van der Waals surface area contributed by atoms with E-state index in [-0.39, 0.29) is 5.56 Å². The molecule has 0 bridgehead atoms. The summed E-state index contributed by atoms with van der Waals surface area (Å²) in [5.74, 6) is 0.403. The molecular weight excluding hydrogens is 320 g/mol. The molecule has 0 radical (unpaired) electrons. The second-order valence-electron chi connectivity index (χ2n) is 5.99. The van der Waals surface area contributed by atoms with E-state index in [9.17, 15) is 9.59 Å². The first-order valence-electron chi connectivity index (χ1n) is 7.85. The molecule has 0 aliphatic heterocycles. The fourth-order valence-electron chi connectivity index (χ4n) is 2.69. The molecule has 1 N–H and O–H groups in total. The van der Waals surface area contributed by atoms with E-state index in [0.29, 0.717) is 23.5 Å². The number of imidazole rings is 1. The van der Waals surface area contributed by atoms with Crippen LogP contribution in [0, 0.1) is 0 Å². The molecule has 0 amide bonds. The molecule has 0 spiro atoms. The normalized spacial score (nSPS) is 11.9. The largest absolute Gasteiger partial charge is 0.332 e. The lowest BCUT2D eigenvalue weighted by Crippen LogP contribution is -2.37. The van der Waals surface area contributed by atoms with Gasteiger partial charge in [0.25, 0.3) is 5.56 Å². The minimum Gasteiger partial charge on any atom is -0.306 e. The second-order valence-corrected chi connectivity index (χ2v) is 5.99. The van der Waals surface area contributed by atoms with Crippen molar-refractivity contribution in [1.82, 2.24) is 18.7 Å². The van der Waals surface area contributed by atoms with E-state index in [4.69, 9.17) is 0 Å². The Morgan fingerprint density at radius 1 is 1.08 bits per heavy atom. The van der Waals surface area contributed by atoms with Gasteiger partial charge in [-0.05, 0) is 12.5 Å². The third kappa shape index (κ3) is 2.98. The number of hydrazone groups is 1. The molecule has 0 saturated carbocycles. The maximum atomic E-state index is 12.3. The van der Waals surface area contributed by atoms with Gasteiger partial charge in [0.1, 0.15) is 0 Å². The lowest BCUT2D eigenvalue weighted by atomic mass is 10.1. The van der Waals surface area contributed by atoms with Gasteiger partial charge in [-0.2, -0.15) is 10.1 Å². The van der Waals surface area contributed by atoms with Crippen LogP contribution in [0.5, 0.6) is 0 Å². The Morgan fingerprint density at radius 3 is 2.44 bits per heavy atom. The summed E-state index contributed by atoms with van der Waals surface area (Å²) in [6, 6.07) is 10.0. The van der Waals surface area contributed by atoms with Crippen molar-refractivity contribution in [3.63, 3.8) is 0 Å². The molecule has 2 aromatic heterocycles. The predicted octanol–water partition coefficient (Wildman–Crippen LogP) is 1.00. The van der Waals surface area contributed by atoms with Crippen molar-refractivity contribution >= 4 is 22.8 Å². The summed E-state index contributed by atoms with van der Waals surface area (Å²) in [7, 11) is 4.75. The topological polar surface area (TPSA) is 86.2 Å². The SMILES string of the molecule is C/C(Cc1ccccc1)=N\Nc1nc2c(c(=O)n(C)c(=O)n2C)n1C. The number of nitrogens with zero attached hydrogens (tertiary/aromatic N) is 5. The van der Waals surface area contributed by atoms with Crippen molar-refractivity contribution in [2.24, 2.45) is 26.2 Å². The minimum atomic E-state index is -0.411. The maximum Gasteiger partial charge on any atom is 0.332 e. The summed E-state index contributed by atoms with van der Waals surface area (Å²) in [5.41, 5.74) is 4.81. The molecule has 8 nitrogen and oxygen atoms in total. The summed E-state index contributed by atoms with van der Waals surface area (Å²) in [5, 5.41) is 4.34. The zero-order valence-electron chi connectivity index (χ0n) is 14.6. The van der Waals surface area contributed by atoms with E-state index in [0.717, 1.165) is 15.8 Å². The van der Waals surface area contributed by atoms with Gasteiger partial charge >= 0.3 is 5.69 Å². The third-order valence-electron chi connectivity index (χ3n) is 4.13. The molecule has 25 heavy (non-hydrogen) atoms. The van der Waals surface area contributed by atoms with Crippen LogP contribution in [-0.2, 0) is 27.6 Å². The van der Waals surface area contributed by atoms with E-state index in [1.165, 1.54) is 11.6 Å². The van der Waals surface area contributed by atoms with Gasteiger partial charge in [-0.3, -0.25) is 13.9 Å². The average molecular weight is 340 g/mol. The molecule has 0 fully saturated rings. The first kappa shape index (κ1) is 16.7. The molecular formula is C17H20N6O2. The summed E-state index contributed by atoms with van der Waals surface area (Å²) in [6.45, 7) is 1.91. The fraction of sp³-hybridized carbons (Fsp3) is 0.294. The van der Waals surface area contributed by atoms with Gasteiger partial charge < -0.3 is 4.57 Å². The Balaban J connectivity index is 1.95. The number of benzene rings is 1. The van der Waals surface area contributed by atoms with E-state index >= 15 is 0 Å². The van der Waals surface area contributed by atoms with Crippen LogP contribution in [0.15, 0.2) is 45.0 Å². The van der Waals surface area contributed by atoms with Crippen molar-refractivity contribution in [3.8, 4) is 0 Å². The number of rotatable bonds is 4. The van der Waals surface area contributed by atoms with E-state index in [2.05, 4.69) is 15.5 Å². The molecule has 0 unspecified atom stereocenters. The summed E-state index contributed by atoms with van der Waals surface area (Å²) in [6.07, 6.45) is 0.706. The highest BCUT2D eigenvalue weighted by Crippen LogP contribution is 2.13. The number of fused-ring (bicyclic) bond motifs is 1. The highest BCUT2D eigenvalue weighted by molar-refractivity contribution is 5.85. The quantitative estimate of drug-likeness (QED) is 0.567. The van der Waals surface area contributed by atoms with Crippen LogP contribution in [0.2, 0.25) is 0 Å². The molecule has 0 aliphatic carbocycles. The molecule has 1 aromatic carbocycles. The van der Waals surface area contributed by atoms with Gasteiger partial charge in [-0.1, -0.05) is 30.3 Å². The van der Waals surface area contributed by atoms with E-state index < -0.39 is 5.69 Å². The highest BCUT2D eigenvalue weighted by Gasteiger charge is 2.16. The summed E-state index contributed by atoms with van der Waals surface area (Å²) in [4.78, 5) is 28.7. The maximum absolute atomic E-state index is 12.3. The van der Waals surface area contributed by atoms with Gasteiger partial charge in [0.2, 0.25) is 5.95 Å². The Labute approximate surface area is 144 Å². The number of aryl methyl sites for hydroxylation is 2. The first-order chi connectivity index (χ1) is 11.9. The predicted molar refractivity (Wildman–Crippen MR) is 98.1 cm³/mol. The fourth-order valence-corrected chi connectivity index (χ4v) is 2.69. The van der Waals surface area contributed by atoms with Crippen LogP contribution < -0.4 is 16.7 Å². The lowest BCUT2D eigenvalue weighted by molar-refractivity contribution is 0.705. The molecule has 0 saturated heterocycles. The van der Waals surface area contributed by atoms with Crippen LogP contribution in [0.25, 0.3) is 11.2 Å². The van der Waals surface area contributed by atoms with Crippen LogP contribution in [0.1, 0.15) is 12.5 Å². The number of hydrogen-bond acceptors (Lipinski definition) is 5. The van der Waals surface area contributed by atoms with Crippen LogP contribution in [-0.4, -0.2) is 24.4 Å². The van der Waals surface area contributed by atoms with Gasteiger partial charge in [-0.15, -0.1) is 0 Å².